The van der Waals surface area contributed by atoms with Crippen molar-refractivity contribution in [2.75, 3.05) is 7.11 Å². The molecule has 0 aliphatic heterocycles. The summed E-state index contributed by atoms with van der Waals surface area (Å²) in [7, 11) is 1.32. The zero-order valence-corrected chi connectivity index (χ0v) is 11.2. The number of ether oxygens (including phenoxy) is 1. The molecule has 2 rings (SSSR count). The summed E-state index contributed by atoms with van der Waals surface area (Å²) in [5.41, 5.74) is 5.12. The predicted molar refractivity (Wildman–Crippen MR) is 66.5 cm³/mol. The molecular formula is C13H22N2O3. The molecular weight excluding hydrogens is 232 g/mol. The van der Waals surface area contributed by atoms with Crippen molar-refractivity contribution in [3.05, 3.63) is 0 Å². The number of carbonyl (C=O) groups is 2. The van der Waals surface area contributed by atoms with Gasteiger partial charge >= 0.3 is 5.97 Å². The molecule has 2 aliphatic rings. The van der Waals surface area contributed by atoms with E-state index in [9.17, 15) is 9.59 Å². The average Bonchev–Trinajstić information content (AvgIpc) is 2.87. The normalized spacial score (nSPS) is 34.4. The van der Waals surface area contributed by atoms with Gasteiger partial charge in [0.25, 0.3) is 0 Å². The maximum absolute atomic E-state index is 12.3. The number of hydrogen-bond donors (Lipinski definition) is 2. The molecule has 0 aromatic heterocycles. The number of fused-ring (bicyclic) bond motifs is 2. The quantitative estimate of drug-likeness (QED) is 0.715. The van der Waals surface area contributed by atoms with Crippen LogP contribution >= 0.6 is 0 Å². The number of amides is 1. The van der Waals surface area contributed by atoms with Crippen LogP contribution in [0.5, 0.6) is 0 Å². The van der Waals surface area contributed by atoms with Gasteiger partial charge in [-0.1, -0.05) is 0 Å². The van der Waals surface area contributed by atoms with Crippen LogP contribution in [0.15, 0.2) is 0 Å². The van der Waals surface area contributed by atoms with Gasteiger partial charge in [0.1, 0.15) is 5.54 Å². The number of esters is 1. The van der Waals surface area contributed by atoms with Gasteiger partial charge in [-0.15, -0.1) is 0 Å². The molecule has 0 radical (unpaired) electrons. The predicted octanol–water partition coefficient (Wildman–Crippen LogP) is 0.428. The monoisotopic (exact) mass is 254 g/mol. The molecule has 2 saturated carbocycles. The molecule has 2 bridgehead atoms. The lowest BCUT2D eigenvalue weighted by molar-refractivity contribution is -0.150. The van der Waals surface area contributed by atoms with Gasteiger partial charge in [-0.25, -0.2) is 4.79 Å². The van der Waals surface area contributed by atoms with Crippen LogP contribution in [0.4, 0.5) is 0 Å². The van der Waals surface area contributed by atoms with E-state index in [0.717, 1.165) is 19.3 Å². The molecule has 18 heavy (non-hydrogen) atoms. The number of nitrogens with one attached hydrogen (secondary N) is 1. The van der Waals surface area contributed by atoms with Gasteiger partial charge in [0.15, 0.2) is 0 Å². The van der Waals surface area contributed by atoms with Crippen LogP contribution in [0.25, 0.3) is 0 Å². The Morgan fingerprint density at radius 3 is 2.39 bits per heavy atom. The Labute approximate surface area is 107 Å². The first-order valence-corrected chi connectivity index (χ1v) is 6.53. The minimum atomic E-state index is -0.993. The smallest absolute Gasteiger partial charge is 0.330 e. The zero-order chi connectivity index (χ0) is 13.5. The molecule has 102 valence electrons. The van der Waals surface area contributed by atoms with Gasteiger partial charge in [-0.2, -0.15) is 0 Å². The van der Waals surface area contributed by atoms with E-state index in [4.69, 9.17) is 5.73 Å². The second-order valence-electron chi connectivity index (χ2n) is 6.04. The van der Waals surface area contributed by atoms with Gasteiger partial charge in [0, 0.05) is 6.04 Å². The molecule has 2 fully saturated rings. The maximum atomic E-state index is 12.3. The fourth-order valence-electron chi connectivity index (χ4n) is 3.42. The van der Waals surface area contributed by atoms with Gasteiger partial charge in [-0.3, -0.25) is 4.79 Å². The number of hydrogen-bond acceptors (Lipinski definition) is 4. The van der Waals surface area contributed by atoms with Crippen molar-refractivity contribution in [3.8, 4) is 0 Å². The van der Waals surface area contributed by atoms with Crippen molar-refractivity contribution in [2.24, 2.45) is 23.5 Å². The van der Waals surface area contributed by atoms with Crippen molar-refractivity contribution in [1.29, 1.82) is 0 Å². The van der Waals surface area contributed by atoms with E-state index in [1.807, 2.05) is 0 Å². The van der Waals surface area contributed by atoms with Gasteiger partial charge < -0.3 is 15.8 Å². The number of carbonyl (C=O) groups excluding carboxylic acids is 2. The van der Waals surface area contributed by atoms with Crippen LogP contribution in [0.2, 0.25) is 0 Å². The maximum Gasteiger partial charge on any atom is 0.330 e. The highest BCUT2D eigenvalue weighted by atomic mass is 16.5. The zero-order valence-electron chi connectivity index (χ0n) is 11.2. The molecule has 0 saturated heterocycles. The topological polar surface area (TPSA) is 81.4 Å². The van der Waals surface area contributed by atoms with Crippen molar-refractivity contribution in [3.63, 3.8) is 0 Å². The van der Waals surface area contributed by atoms with Crippen LogP contribution in [-0.2, 0) is 14.3 Å². The minimum absolute atomic E-state index is 0.0582. The number of rotatable bonds is 3. The minimum Gasteiger partial charge on any atom is -0.467 e. The lowest BCUT2D eigenvalue weighted by Crippen LogP contribution is -2.55. The Morgan fingerprint density at radius 1 is 1.28 bits per heavy atom. The molecule has 0 heterocycles. The van der Waals surface area contributed by atoms with Crippen molar-refractivity contribution in [1.82, 2.24) is 5.32 Å². The lowest BCUT2D eigenvalue weighted by atomic mass is 9.84. The summed E-state index contributed by atoms with van der Waals surface area (Å²) < 4.78 is 4.68. The Kier molecular flexibility index (Phi) is 3.36. The SMILES string of the molecule is COC(=O)C(C)(C)NC(=O)C1C2CCC(C2)C1N. The fourth-order valence-corrected chi connectivity index (χ4v) is 3.42. The van der Waals surface area contributed by atoms with E-state index >= 15 is 0 Å². The van der Waals surface area contributed by atoms with Gasteiger partial charge in [-0.05, 0) is 44.9 Å². The summed E-state index contributed by atoms with van der Waals surface area (Å²) in [6.07, 6.45) is 3.27. The average molecular weight is 254 g/mol. The largest absolute Gasteiger partial charge is 0.467 e. The highest BCUT2D eigenvalue weighted by molar-refractivity contribution is 5.89. The van der Waals surface area contributed by atoms with Gasteiger partial charge in [0.2, 0.25) is 5.91 Å². The molecule has 3 N–H and O–H groups in total. The molecule has 5 nitrogen and oxygen atoms in total. The Morgan fingerprint density at radius 2 is 1.89 bits per heavy atom. The third kappa shape index (κ3) is 2.11. The number of nitrogens with two attached hydrogens (primary N) is 1. The van der Waals surface area contributed by atoms with E-state index in [0.29, 0.717) is 11.8 Å². The first-order valence-electron chi connectivity index (χ1n) is 6.53. The van der Waals surface area contributed by atoms with E-state index in [1.54, 1.807) is 13.8 Å². The van der Waals surface area contributed by atoms with Gasteiger partial charge in [0.05, 0.1) is 13.0 Å². The summed E-state index contributed by atoms with van der Waals surface area (Å²) >= 11 is 0. The molecule has 4 unspecified atom stereocenters. The van der Waals surface area contributed by atoms with E-state index in [2.05, 4.69) is 10.1 Å². The summed E-state index contributed by atoms with van der Waals surface area (Å²) in [6.45, 7) is 3.30. The summed E-state index contributed by atoms with van der Waals surface area (Å²) in [6, 6.07) is -0.0582. The summed E-state index contributed by atoms with van der Waals surface area (Å²) in [5, 5.41) is 2.77. The standard InChI is InChI=1S/C13H22N2O3/c1-13(2,12(17)18-3)15-11(16)9-7-4-5-8(6-7)10(9)14/h7-10H,4-6,14H2,1-3H3,(H,15,16). The Hall–Kier alpha value is -1.10. The molecule has 4 atom stereocenters. The first kappa shape index (κ1) is 13.3. The van der Waals surface area contributed by atoms with Crippen molar-refractivity contribution < 1.29 is 14.3 Å². The number of methoxy groups -OCH3 is 1. The molecule has 0 spiro atoms. The van der Waals surface area contributed by atoms with E-state index in [1.165, 1.54) is 7.11 Å². The second kappa shape index (κ2) is 4.53. The lowest BCUT2D eigenvalue weighted by Gasteiger charge is -2.31. The Balaban J connectivity index is 2.03. The summed E-state index contributed by atoms with van der Waals surface area (Å²) in [4.78, 5) is 23.8. The van der Waals surface area contributed by atoms with Crippen LogP contribution in [0.3, 0.4) is 0 Å². The fraction of sp³-hybridized carbons (Fsp3) is 0.846. The molecule has 0 aromatic rings. The van der Waals surface area contributed by atoms with Crippen LogP contribution in [-0.4, -0.2) is 30.6 Å². The molecule has 5 heteroatoms. The second-order valence-corrected chi connectivity index (χ2v) is 6.04. The third-order valence-electron chi connectivity index (χ3n) is 4.41. The highest BCUT2D eigenvalue weighted by Gasteiger charge is 2.50. The van der Waals surface area contributed by atoms with Crippen LogP contribution in [0, 0.1) is 17.8 Å². The molecule has 1 amide bonds. The Bertz CT molecular complexity index is 365. The highest BCUT2D eigenvalue weighted by Crippen LogP contribution is 2.47. The van der Waals surface area contributed by atoms with Crippen molar-refractivity contribution in [2.45, 2.75) is 44.7 Å². The van der Waals surface area contributed by atoms with E-state index < -0.39 is 11.5 Å². The summed E-state index contributed by atoms with van der Waals surface area (Å²) in [5.74, 6) is 0.177. The van der Waals surface area contributed by atoms with E-state index in [-0.39, 0.29) is 17.9 Å². The van der Waals surface area contributed by atoms with Crippen molar-refractivity contribution >= 4 is 11.9 Å². The molecule has 2 aliphatic carbocycles. The molecule has 0 aromatic carbocycles. The van der Waals surface area contributed by atoms with Crippen LogP contribution in [0.1, 0.15) is 33.1 Å². The first-order chi connectivity index (χ1) is 8.36. The third-order valence-corrected chi connectivity index (χ3v) is 4.41. The van der Waals surface area contributed by atoms with Crippen LogP contribution < -0.4 is 11.1 Å².